The molecule has 3 aromatic carbocycles. The predicted octanol–water partition coefficient (Wildman–Crippen LogP) is 4.37. The zero-order valence-electron chi connectivity index (χ0n) is 8.98. The lowest BCUT2D eigenvalue weighted by Crippen LogP contribution is -1.88. The van der Waals surface area contributed by atoms with E-state index in [-0.39, 0.29) is 0 Å². The van der Waals surface area contributed by atoms with Crippen LogP contribution in [0.2, 0.25) is 0 Å². The zero-order chi connectivity index (χ0) is 11.8. The van der Waals surface area contributed by atoms with E-state index >= 15 is 0 Å². The summed E-state index contributed by atoms with van der Waals surface area (Å²) in [6, 6.07) is 17.8. The summed E-state index contributed by atoms with van der Waals surface area (Å²) in [5.41, 5.74) is 0.537. The molecule has 0 aromatic heterocycles. The van der Waals surface area contributed by atoms with E-state index in [4.69, 9.17) is 11.6 Å². The number of hydrogen-bond donors (Lipinski definition) is 0. The number of fused-ring (bicyclic) bond motifs is 3. The Kier molecular flexibility index (Phi) is 2.34. The van der Waals surface area contributed by atoms with Crippen molar-refractivity contribution in [2.45, 2.75) is 0 Å². The van der Waals surface area contributed by atoms with Gasteiger partial charge in [-0.05, 0) is 45.3 Å². The number of carbonyl (C=O) groups excluding carboxylic acids is 1. The number of benzene rings is 3. The first-order chi connectivity index (χ1) is 8.25. The average molecular weight is 241 g/mol. The first kappa shape index (κ1) is 10.3. The fourth-order valence-electron chi connectivity index (χ4n) is 2.14. The fourth-order valence-corrected chi connectivity index (χ4v) is 2.25. The van der Waals surface area contributed by atoms with Gasteiger partial charge in [-0.3, -0.25) is 4.79 Å². The van der Waals surface area contributed by atoms with E-state index in [2.05, 4.69) is 18.2 Å². The Bertz CT molecular complexity index is 731. The Labute approximate surface area is 104 Å². The molecule has 82 valence electrons. The minimum atomic E-state index is -0.417. The highest BCUT2D eigenvalue weighted by molar-refractivity contribution is 6.67. The second-order valence-corrected chi connectivity index (χ2v) is 4.34. The normalized spacial score (nSPS) is 10.9. The molecule has 0 atom stereocenters. The van der Waals surface area contributed by atoms with Gasteiger partial charge in [-0.15, -0.1) is 0 Å². The monoisotopic (exact) mass is 240 g/mol. The van der Waals surface area contributed by atoms with Crippen LogP contribution >= 0.6 is 11.6 Å². The quantitative estimate of drug-likeness (QED) is 0.456. The lowest BCUT2D eigenvalue weighted by molar-refractivity contribution is 0.108. The lowest BCUT2D eigenvalue weighted by atomic mass is 10.0. The molecule has 2 heteroatoms. The van der Waals surface area contributed by atoms with Gasteiger partial charge in [-0.25, -0.2) is 0 Å². The van der Waals surface area contributed by atoms with Gasteiger partial charge in [0.15, 0.2) is 0 Å². The molecule has 0 fully saturated rings. The molecule has 0 amide bonds. The molecule has 0 unspecified atom stereocenters. The van der Waals surface area contributed by atoms with E-state index in [1.54, 1.807) is 6.07 Å². The lowest BCUT2D eigenvalue weighted by Gasteiger charge is -2.04. The van der Waals surface area contributed by atoms with E-state index in [9.17, 15) is 4.79 Å². The fraction of sp³-hybridized carbons (Fsp3) is 0. The first-order valence-corrected chi connectivity index (χ1v) is 5.75. The first-order valence-electron chi connectivity index (χ1n) is 5.37. The highest BCUT2D eigenvalue weighted by atomic mass is 35.5. The third kappa shape index (κ3) is 1.69. The van der Waals surface area contributed by atoms with Crippen LogP contribution < -0.4 is 0 Å². The molecule has 0 bridgehead atoms. The van der Waals surface area contributed by atoms with Crippen LogP contribution in [0.25, 0.3) is 21.5 Å². The van der Waals surface area contributed by atoms with E-state index in [0.29, 0.717) is 5.56 Å². The Morgan fingerprint density at radius 1 is 0.824 bits per heavy atom. The Balaban J connectivity index is 2.41. The van der Waals surface area contributed by atoms with Crippen LogP contribution in [-0.2, 0) is 0 Å². The van der Waals surface area contributed by atoms with Gasteiger partial charge in [0.25, 0.3) is 5.24 Å². The van der Waals surface area contributed by atoms with Crippen molar-refractivity contribution in [3.8, 4) is 0 Å². The highest BCUT2D eigenvalue weighted by Crippen LogP contribution is 2.26. The Hall–Kier alpha value is -1.86. The summed E-state index contributed by atoms with van der Waals surface area (Å²) in [6.07, 6.45) is 0. The molecule has 0 saturated heterocycles. The third-order valence-electron chi connectivity index (χ3n) is 2.97. The number of hydrogen-bond acceptors (Lipinski definition) is 1. The molecule has 0 aliphatic rings. The van der Waals surface area contributed by atoms with Crippen LogP contribution in [0, 0.1) is 0 Å². The van der Waals surface area contributed by atoms with E-state index in [1.807, 2.05) is 30.3 Å². The minimum absolute atomic E-state index is 0.417. The highest BCUT2D eigenvalue weighted by Gasteiger charge is 2.04. The van der Waals surface area contributed by atoms with Crippen molar-refractivity contribution in [1.29, 1.82) is 0 Å². The summed E-state index contributed by atoms with van der Waals surface area (Å²) in [5.74, 6) is 0. The molecule has 0 aliphatic carbocycles. The summed E-state index contributed by atoms with van der Waals surface area (Å²) in [5, 5.41) is 4.16. The van der Waals surface area contributed by atoms with Gasteiger partial charge in [0, 0.05) is 5.56 Å². The second kappa shape index (κ2) is 3.86. The van der Waals surface area contributed by atoms with Gasteiger partial charge in [0.05, 0.1) is 0 Å². The summed E-state index contributed by atoms with van der Waals surface area (Å²) in [7, 11) is 0. The molecule has 0 N–H and O–H groups in total. The van der Waals surface area contributed by atoms with Crippen molar-refractivity contribution in [3.05, 3.63) is 60.2 Å². The molecule has 0 saturated carbocycles. The smallest absolute Gasteiger partial charge is 0.252 e. The summed E-state index contributed by atoms with van der Waals surface area (Å²) in [6.45, 7) is 0. The van der Waals surface area contributed by atoms with Crippen LogP contribution in [0.1, 0.15) is 10.4 Å². The van der Waals surface area contributed by atoms with E-state index in [1.165, 1.54) is 10.8 Å². The van der Waals surface area contributed by atoms with Crippen molar-refractivity contribution in [2.75, 3.05) is 0 Å². The van der Waals surface area contributed by atoms with Crippen molar-refractivity contribution in [1.82, 2.24) is 0 Å². The molecule has 0 aliphatic heterocycles. The second-order valence-electron chi connectivity index (χ2n) is 4.00. The molecular formula is C15H9ClO. The van der Waals surface area contributed by atoms with Crippen molar-refractivity contribution < 1.29 is 4.79 Å². The maximum absolute atomic E-state index is 11.1. The minimum Gasteiger partial charge on any atom is -0.276 e. The molecule has 3 aromatic rings. The largest absolute Gasteiger partial charge is 0.276 e. The van der Waals surface area contributed by atoms with Gasteiger partial charge >= 0.3 is 0 Å². The molecule has 0 heterocycles. The molecular weight excluding hydrogens is 232 g/mol. The van der Waals surface area contributed by atoms with Crippen molar-refractivity contribution in [2.24, 2.45) is 0 Å². The number of carbonyl (C=O) groups is 1. The molecule has 17 heavy (non-hydrogen) atoms. The zero-order valence-corrected chi connectivity index (χ0v) is 9.74. The van der Waals surface area contributed by atoms with Crippen LogP contribution in [0.3, 0.4) is 0 Å². The van der Waals surface area contributed by atoms with Crippen molar-refractivity contribution in [3.63, 3.8) is 0 Å². The number of halogens is 1. The van der Waals surface area contributed by atoms with Crippen LogP contribution in [0.4, 0.5) is 0 Å². The molecule has 1 nitrogen and oxygen atoms in total. The van der Waals surface area contributed by atoms with Gasteiger partial charge in [-0.2, -0.15) is 0 Å². The average Bonchev–Trinajstić information content (AvgIpc) is 2.38. The van der Waals surface area contributed by atoms with Crippen LogP contribution in [0.15, 0.2) is 54.6 Å². The van der Waals surface area contributed by atoms with E-state index in [0.717, 1.165) is 10.8 Å². The third-order valence-corrected chi connectivity index (χ3v) is 3.19. The summed E-state index contributed by atoms with van der Waals surface area (Å²) < 4.78 is 0. The maximum Gasteiger partial charge on any atom is 0.252 e. The van der Waals surface area contributed by atoms with Crippen LogP contribution in [0.5, 0.6) is 0 Å². The van der Waals surface area contributed by atoms with Gasteiger partial charge < -0.3 is 0 Å². The number of rotatable bonds is 1. The topological polar surface area (TPSA) is 17.1 Å². The molecule has 0 radical (unpaired) electrons. The van der Waals surface area contributed by atoms with Gasteiger partial charge in [-0.1, -0.05) is 42.5 Å². The maximum atomic E-state index is 11.1. The molecule has 0 spiro atoms. The summed E-state index contributed by atoms with van der Waals surface area (Å²) >= 11 is 5.48. The predicted molar refractivity (Wildman–Crippen MR) is 71.6 cm³/mol. The summed E-state index contributed by atoms with van der Waals surface area (Å²) in [4.78, 5) is 11.1. The van der Waals surface area contributed by atoms with Crippen LogP contribution in [-0.4, -0.2) is 5.24 Å². The SMILES string of the molecule is O=C(Cl)c1ccc2c(ccc3ccccc32)c1. The van der Waals surface area contributed by atoms with Gasteiger partial charge in [0.1, 0.15) is 0 Å². The molecule has 3 rings (SSSR count). The standard InChI is InChI=1S/C15H9ClO/c16-15(17)12-7-8-14-11(9-12)6-5-10-3-1-2-4-13(10)14/h1-9H. The van der Waals surface area contributed by atoms with Gasteiger partial charge in [0.2, 0.25) is 0 Å². The van der Waals surface area contributed by atoms with E-state index < -0.39 is 5.24 Å². The Morgan fingerprint density at radius 3 is 2.35 bits per heavy atom. The Morgan fingerprint density at radius 2 is 1.53 bits per heavy atom. The van der Waals surface area contributed by atoms with Crippen molar-refractivity contribution >= 4 is 38.4 Å².